The Morgan fingerprint density at radius 2 is 1.68 bits per heavy atom. The van der Waals surface area contributed by atoms with E-state index in [1.54, 1.807) is 24.3 Å². The van der Waals surface area contributed by atoms with E-state index in [1.807, 2.05) is 0 Å². The zero-order valence-corrected chi connectivity index (χ0v) is 15.5. The van der Waals surface area contributed by atoms with Crippen molar-refractivity contribution in [1.82, 2.24) is 5.32 Å². The zero-order chi connectivity index (χ0) is 20.4. The van der Waals surface area contributed by atoms with Crippen molar-refractivity contribution in [1.29, 1.82) is 0 Å². The van der Waals surface area contributed by atoms with Crippen molar-refractivity contribution in [2.75, 3.05) is 19.1 Å². The highest BCUT2D eigenvalue weighted by atomic mass is 19.1. The lowest BCUT2D eigenvalue weighted by atomic mass is 9.93. The third kappa shape index (κ3) is 3.28. The summed E-state index contributed by atoms with van der Waals surface area (Å²) in [6, 6.07) is 7.92. The maximum Gasteiger partial charge on any atom is 0.337 e. The molecule has 0 aliphatic carbocycles. The van der Waals surface area contributed by atoms with Gasteiger partial charge in [-0.15, -0.1) is 0 Å². The number of carbonyl (C=O) groups excluding carboxylic acids is 2. The largest absolute Gasteiger partial charge is 0.497 e. The summed E-state index contributed by atoms with van der Waals surface area (Å²) in [5.41, 5.74) is 0.157. The monoisotopic (exact) mass is 388 g/mol. The van der Waals surface area contributed by atoms with Gasteiger partial charge in [-0.1, -0.05) is 6.07 Å². The van der Waals surface area contributed by atoms with Gasteiger partial charge in [-0.25, -0.2) is 18.4 Å². The fraction of sp³-hybridized carbons (Fsp3) is 0.200. The molecular formula is C20H18F2N2O4. The number of anilines is 1. The summed E-state index contributed by atoms with van der Waals surface area (Å²) in [7, 11) is 2.67. The van der Waals surface area contributed by atoms with Crippen molar-refractivity contribution in [2.24, 2.45) is 0 Å². The summed E-state index contributed by atoms with van der Waals surface area (Å²) >= 11 is 0. The predicted molar refractivity (Wildman–Crippen MR) is 97.8 cm³/mol. The van der Waals surface area contributed by atoms with Crippen LogP contribution in [0.5, 0.6) is 5.75 Å². The fourth-order valence-corrected chi connectivity index (χ4v) is 3.16. The average molecular weight is 388 g/mol. The average Bonchev–Trinajstić information content (AvgIpc) is 2.67. The molecule has 2 amide bonds. The minimum atomic E-state index is -1.32. The number of amides is 2. The van der Waals surface area contributed by atoms with E-state index in [-0.39, 0.29) is 11.3 Å². The summed E-state index contributed by atoms with van der Waals surface area (Å²) < 4.78 is 38.6. The van der Waals surface area contributed by atoms with Gasteiger partial charge in [0.2, 0.25) is 0 Å². The number of hydrogen-bond donors (Lipinski definition) is 1. The van der Waals surface area contributed by atoms with Crippen LogP contribution in [0.25, 0.3) is 0 Å². The summed E-state index contributed by atoms with van der Waals surface area (Å²) in [6.07, 6.45) is 0. The van der Waals surface area contributed by atoms with Crippen LogP contribution in [0.4, 0.5) is 19.3 Å². The number of rotatable bonds is 4. The van der Waals surface area contributed by atoms with Crippen LogP contribution in [-0.2, 0) is 9.53 Å². The maximum absolute atomic E-state index is 14.3. The third-order valence-electron chi connectivity index (χ3n) is 4.51. The molecule has 0 fully saturated rings. The predicted octanol–water partition coefficient (Wildman–Crippen LogP) is 3.69. The molecule has 1 aliphatic heterocycles. The van der Waals surface area contributed by atoms with E-state index in [4.69, 9.17) is 9.47 Å². The van der Waals surface area contributed by atoms with Gasteiger partial charge in [-0.2, -0.15) is 0 Å². The molecule has 0 spiro atoms. The van der Waals surface area contributed by atoms with Crippen LogP contribution in [-0.4, -0.2) is 26.2 Å². The molecule has 1 aliphatic rings. The highest BCUT2D eigenvalue weighted by Crippen LogP contribution is 2.36. The number of ether oxygens (including phenoxy) is 2. The van der Waals surface area contributed by atoms with Crippen molar-refractivity contribution in [2.45, 2.75) is 13.0 Å². The second-order valence-corrected chi connectivity index (χ2v) is 6.04. The molecule has 1 heterocycles. The second kappa shape index (κ2) is 7.67. The van der Waals surface area contributed by atoms with Crippen LogP contribution in [0.3, 0.4) is 0 Å². The van der Waals surface area contributed by atoms with Crippen molar-refractivity contribution >= 4 is 17.7 Å². The highest BCUT2D eigenvalue weighted by molar-refractivity contribution is 6.03. The lowest BCUT2D eigenvalue weighted by Gasteiger charge is -2.35. The highest BCUT2D eigenvalue weighted by Gasteiger charge is 2.39. The van der Waals surface area contributed by atoms with Crippen molar-refractivity contribution in [3.8, 4) is 5.75 Å². The molecule has 0 aromatic heterocycles. The van der Waals surface area contributed by atoms with Crippen molar-refractivity contribution < 1.29 is 27.8 Å². The fourth-order valence-electron chi connectivity index (χ4n) is 3.16. The molecule has 8 heteroatoms. The van der Waals surface area contributed by atoms with Crippen LogP contribution in [0.1, 0.15) is 18.5 Å². The molecule has 6 nitrogen and oxygen atoms in total. The molecular weight excluding hydrogens is 370 g/mol. The topological polar surface area (TPSA) is 67.9 Å². The molecule has 0 saturated heterocycles. The molecule has 0 saturated carbocycles. The molecule has 3 rings (SSSR count). The van der Waals surface area contributed by atoms with Gasteiger partial charge < -0.3 is 14.8 Å². The number of carbonyl (C=O) groups is 2. The molecule has 1 N–H and O–H groups in total. The Hall–Kier alpha value is -3.42. The first-order valence-corrected chi connectivity index (χ1v) is 8.36. The number of benzene rings is 2. The van der Waals surface area contributed by atoms with Gasteiger partial charge in [0.15, 0.2) is 0 Å². The lowest BCUT2D eigenvalue weighted by Crippen LogP contribution is -2.48. The number of nitrogens with one attached hydrogen (secondary N) is 1. The van der Waals surface area contributed by atoms with E-state index < -0.39 is 35.2 Å². The van der Waals surface area contributed by atoms with E-state index in [9.17, 15) is 18.4 Å². The van der Waals surface area contributed by atoms with Gasteiger partial charge in [0, 0.05) is 5.70 Å². The summed E-state index contributed by atoms with van der Waals surface area (Å²) in [5.74, 6) is -1.97. The Bertz CT molecular complexity index is 937. The van der Waals surface area contributed by atoms with Crippen LogP contribution in [0, 0.1) is 11.6 Å². The molecule has 1 atom stereocenters. The Morgan fingerprint density at radius 1 is 1.07 bits per heavy atom. The first-order valence-electron chi connectivity index (χ1n) is 8.36. The number of esters is 1. The van der Waals surface area contributed by atoms with Gasteiger partial charge in [0.25, 0.3) is 0 Å². The number of hydrogen-bond acceptors (Lipinski definition) is 4. The van der Waals surface area contributed by atoms with Gasteiger partial charge in [-0.3, -0.25) is 4.90 Å². The van der Waals surface area contributed by atoms with E-state index in [1.165, 1.54) is 25.0 Å². The SMILES string of the molecule is COC(=O)C1=C(C)N(c2ccc(OC)cc2)C(=O)N[C@@H]1c1c(F)cccc1F. The van der Waals surface area contributed by atoms with E-state index in [0.717, 1.165) is 19.2 Å². The normalized spacial score (nSPS) is 16.7. The van der Waals surface area contributed by atoms with Crippen LogP contribution in [0.15, 0.2) is 53.7 Å². The smallest absolute Gasteiger partial charge is 0.337 e. The molecule has 0 bridgehead atoms. The molecule has 2 aromatic rings. The Morgan fingerprint density at radius 3 is 2.21 bits per heavy atom. The Kier molecular flexibility index (Phi) is 5.30. The van der Waals surface area contributed by atoms with Crippen molar-refractivity contribution in [3.05, 3.63) is 70.9 Å². The first kappa shape index (κ1) is 19.3. The number of methoxy groups -OCH3 is 2. The van der Waals surface area contributed by atoms with Crippen LogP contribution < -0.4 is 15.0 Å². The van der Waals surface area contributed by atoms with E-state index in [0.29, 0.717) is 11.4 Å². The quantitative estimate of drug-likeness (QED) is 0.812. The Labute approximate surface area is 160 Å². The maximum atomic E-state index is 14.3. The molecule has 28 heavy (non-hydrogen) atoms. The number of urea groups is 1. The first-order chi connectivity index (χ1) is 13.4. The molecule has 146 valence electrons. The second-order valence-electron chi connectivity index (χ2n) is 6.04. The third-order valence-corrected chi connectivity index (χ3v) is 4.51. The van der Waals surface area contributed by atoms with Gasteiger partial charge in [-0.05, 0) is 43.3 Å². The minimum absolute atomic E-state index is 0.0677. The summed E-state index contributed by atoms with van der Waals surface area (Å²) in [5, 5.41) is 2.50. The summed E-state index contributed by atoms with van der Waals surface area (Å²) in [4.78, 5) is 26.5. The van der Waals surface area contributed by atoms with Crippen molar-refractivity contribution in [3.63, 3.8) is 0 Å². The standard InChI is InChI=1S/C20H18F2N2O4/c1-11-16(19(25)28-3)18(17-14(21)5-4-6-15(17)22)23-20(26)24(11)12-7-9-13(27-2)10-8-12/h4-10,18H,1-3H3,(H,23,26)/t18-/m0/s1. The molecule has 0 radical (unpaired) electrons. The Balaban J connectivity index is 2.16. The van der Waals surface area contributed by atoms with Gasteiger partial charge in [0.05, 0.1) is 37.1 Å². The molecule has 2 aromatic carbocycles. The number of nitrogens with zero attached hydrogens (tertiary/aromatic N) is 1. The van der Waals surface area contributed by atoms with Crippen LogP contribution in [0.2, 0.25) is 0 Å². The number of allylic oxidation sites excluding steroid dienone is 1. The zero-order valence-electron chi connectivity index (χ0n) is 15.5. The van der Waals surface area contributed by atoms with Gasteiger partial charge >= 0.3 is 12.0 Å². The lowest BCUT2D eigenvalue weighted by molar-refractivity contribution is -0.136. The number of halogens is 2. The van der Waals surface area contributed by atoms with E-state index >= 15 is 0 Å². The van der Waals surface area contributed by atoms with Gasteiger partial charge in [0.1, 0.15) is 17.4 Å². The van der Waals surface area contributed by atoms with E-state index in [2.05, 4.69) is 5.32 Å². The molecule has 0 unspecified atom stereocenters. The summed E-state index contributed by atoms with van der Waals surface area (Å²) in [6.45, 7) is 1.51. The van der Waals surface area contributed by atoms with Crippen LogP contribution >= 0.6 is 0 Å². The minimum Gasteiger partial charge on any atom is -0.497 e.